The molecule has 7 nitrogen and oxygen atoms in total. The molecule has 4 rings (SSSR count). The van der Waals surface area contributed by atoms with E-state index in [1.807, 2.05) is 61.5 Å². The predicted octanol–water partition coefficient (Wildman–Crippen LogP) is 4.16. The minimum Gasteiger partial charge on any atom is -0.494 e. The number of hydrogen-bond acceptors (Lipinski definition) is 6. The van der Waals surface area contributed by atoms with Crippen molar-refractivity contribution in [3.63, 3.8) is 0 Å². The number of aromatic nitrogens is 2. The highest BCUT2D eigenvalue weighted by Crippen LogP contribution is 2.34. The Morgan fingerprint density at radius 2 is 1.94 bits per heavy atom. The summed E-state index contributed by atoms with van der Waals surface area (Å²) in [6.45, 7) is 3.06. The molecule has 31 heavy (non-hydrogen) atoms. The van der Waals surface area contributed by atoms with Gasteiger partial charge in [-0.15, -0.1) is 10.2 Å². The molecule has 3 aromatic rings. The number of anilines is 2. The molecule has 2 aromatic carbocycles. The van der Waals surface area contributed by atoms with Crippen LogP contribution in [0.2, 0.25) is 0 Å². The Kier molecular flexibility index (Phi) is 6.57. The van der Waals surface area contributed by atoms with Crippen molar-refractivity contribution < 1.29 is 14.3 Å². The van der Waals surface area contributed by atoms with Gasteiger partial charge in [0.15, 0.2) is 0 Å². The van der Waals surface area contributed by atoms with Crippen LogP contribution in [0.1, 0.15) is 35.8 Å². The molecular formula is C23H24N4O3S. The molecule has 8 heteroatoms. The summed E-state index contributed by atoms with van der Waals surface area (Å²) in [7, 11) is 0. The molecule has 1 aliphatic heterocycles. The Morgan fingerprint density at radius 3 is 2.71 bits per heavy atom. The molecular weight excluding hydrogens is 412 g/mol. The number of nitrogens with zero attached hydrogens (tertiary/aromatic N) is 3. The fraction of sp³-hybridized carbons (Fsp3) is 0.304. The van der Waals surface area contributed by atoms with E-state index in [4.69, 9.17) is 4.74 Å². The summed E-state index contributed by atoms with van der Waals surface area (Å²) in [6.07, 6.45) is 1.34. The fourth-order valence-electron chi connectivity index (χ4n) is 3.42. The zero-order chi connectivity index (χ0) is 21.6. The molecule has 0 aliphatic carbocycles. The van der Waals surface area contributed by atoms with Crippen LogP contribution in [0.3, 0.4) is 0 Å². The third-order valence-electron chi connectivity index (χ3n) is 5.07. The van der Waals surface area contributed by atoms with E-state index in [-0.39, 0.29) is 17.7 Å². The van der Waals surface area contributed by atoms with Gasteiger partial charge in [-0.25, -0.2) is 0 Å². The lowest BCUT2D eigenvalue weighted by atomic mass is 10.1. The van der Waals surface area contributed by atoms with Gasteiger partial charge in [0.1, 0.15) is 10.8 Å². The first kappa shape index (κ1) is 21.0. The third-order valence-corrected chi connectivity index (χ3v) is 6.07. The first-order valence-corrected chi connectivity index (χ1v) is 11.1. The molecule has 2 amide bonds. The van der Waals surface area contributed by atoms with Crippen molar-refractivity contribution in [3.8, 4) is 5.75 Å². The van der Waals surface area contributed by atoms with Crippen molar-refractivity contribution in [2.24, 2.45) is 0 Å². The second-order valence-corrected chi connectivity index (χ2v) is 8.51. The van der Waals surface area contributed by atoms with E-state index in [0.717, 1.165) is 22.0 Å². The molecule has 0 bridgehead atoms. The number of carbonyl (C=O) groups is 2. The SMILES string of the molecule is Cc1ccc(N2C[C@@H](c3nnc(NC(=O)CCCOc4ccccc4)s3)CC2=O)cc1. The molecule has 1 aromatic heterocycles. The summed E-state index contributed by atoms with van der Waals surface area (Å²) < 4.78 is 5.60. The summed E-state index contributed by atoms with van der Waals surface area (Å²) in [6, 6.07) is 17.4. The van der Waals surface area contributed by atoms with E-state index in [9.17, 15) is 9.59 Å². The second-order valence-electron chi connectivity index (χ2n) is 7.50. The Labute approximate surface area is 185 Å². The Hall–Kier alpha value is -3.26. The van der Waals surface area contributed by atoms with E-state index < -0.39 is 0 Å². The summed E-state index contributed by atoms with van der Waals surface area (Å²) in [5.41, 5.74) is 2.05. The largest absolute Gasteiger partial charge is 0.494 e. The highest BCUT2D eigenvalue weighted by Gasteiger charge is 2.33. The van der Waals surface area contributed by atoms with Crippen LogP contribution < -0.4 is 15.0 Å². The van der Waals surface area contributed by atoms with Gasteiger partial charge in [-0.2, -0.15) is 0 Å². The Balaban J connectivity index is 1.25. The number of para-hydroxylation sites is 1. The maximum absolute atomic E-state index is 12.5. The van der Waals surface area contributed by atoms with Gasteiger partial charge in [-0.1, -0.05) is 47.2 Å². The van der Waals surface area contributed by atoms with Crippen molar-refractivity contribution in [1.29, 1.82) is 0 Å². The lowest BCUT2D eigenvalue weighted by molar-refractivity contribution is -0.117. The molecule has 0 radical (unpaired) electrons. The van der Waals surface area contributed by atoms with Gasteiger partial charge in [0, 0.05) is 31.0 Å². The number of nitrogens with one attached hydrogen (secondary N) is 1. The van der Waals surface area contributed by atoms with Gasteiger partial charge in [-0.05, 0) is 37.6 Å². The van der Waals surface area contributed by atoms with E-state index in [2.05, 4.69) is 15.5 Å². The van der Waals surface area contributed by atoms with Crippen LogP contribution in [-0.4, -0.2) is 35.2 Å². The van der Waals surface area contributed by atoms with E-state index in [1.165, 1.54) is 11.3 Å². The lowest BCUT2D eigenvalue weighted by Crippen LogP contribution is -2.24. The van der Waals surface area contributed by atoms with E-state index in [1.54, 1.807) is 4.90 Å². The van der Waals surface area contributed by atoms with E-state index in [0.29, 0.717) is 37.5 Å². The number of hydrogen-bond donors (Lipinski definition) is 1. The number of rotatable bonds is 8. The number of carbonyl (C=O) groups excluding carboxylic acids is 2. The van der Waals surface area contributed by atoms with Gasteiger partial charge in [-0.3, -0.25) is 9.59 Å². The van der Waals surface area contributed by atoms with Crippen LogP contribution in [0.15, 0.2) is 54.6 Å². The molecule has 0 unspecified atom stereocenters. The third kappa shape index (κ3) is 5.46. The van der Waals surface area contributed by atoms with Crippen LogP contribution in [0, 0.1) is 6.92 Å². The molecule has 1 N–H and O–H groups in total. The van der Waals surface area contributed by atoms with Crippen molar-refractivity contribution in [3.05, 3.63) is 65.2 Å². The topological polar surface area (TPSA) is 84.4 Å². The van der Waals surface area contributed by atoms with Crippen molar-refractivity contribution in [2.45, 2.75) is 32.1 Å². The molecule has 1 fully saturated rings. The molecule has 1 aliphatic rings. The molecule has 0 saturated carbocycles. The standard InChI is InChI=1S/C23H24N4O3S/c1-16-9-11-18(12-10-16)27-15-17(14-21(27)29)22-25-26-23(31-22)24-20(28)8-5-13-30-19-6-3-2-4-7-19/h2-4,6-7,9-12,17H,5,8,13-15H2,1H3,(H,24,26,28)/t17-/m0/s1. The molecule has 2 heterocycles. The van der Waals surface area contributed by atoms with Gasteiger partial charge in [0.05, 0.1) is 6.61 Å². The number of aryl methyl sites for hydroxylation is 1. The molecule has 1 atom stereocenters. The van der Waals surface area contributed by atoms with Gasteiger partial charge >= 0.3 is 0 Å². The minimum atomic E-state index is -0.122. The molecule has 0 spiro atoms. The predicted molar refractivity (Wildman–Crippen MR) is 121 cm³/mol. The highest BCUT2D eigenvalue weighted by molar-refractivity contribution is 7.15. The van der Waals surface area contributed by atoms with Crippen molar-refractivity contribution in [1.82, 2.24) is 10.2 Å². The van der Waals surface area contributed by atoms with Crippen molar-refractivity contribution in [2.75, 3.05) is 23.4 Å². The number of benzene rings is 2. The smallest absolute Gasteiger partial charge is 0.227 e. The Morgan fingerprint density at radius 1 is 1.16 bits per heavy atom. The fourth-order valence-corrected chi connectivity index (χ4v) is 4.27. The first-order valence-electron chi connectivity index (χ1n) is 10.3. The average Bonchev–Trinajstić information content (AvgIpc) is 3.39. The normalized spacial score (nSPS) is 15.8. The monoisotopic (exact) mass is 436 g/mol. The molecule has 160 valence electrons. The Bertz CT molecular complexity index is 1040. The maximum atomic E-state index is 12.5. The van der Waals surface area contributed by atoms with Crippen LogP contribution in [0.5, 0.6) is 5.75 Å². The second kappa shape index (κ2) is 9.70. The van der Waals surface area contributed by atoms with Crippen LogP contribution in [0.4, 0.5) is 10.8 Å². The van der Waals surface area contributed by atoms with Crippen LogP contribution in [0.25, 0.3) is 0 Å². The van der Waals surface area contributed by atoms with E-state index >= 15 is 0 Å². The zero-order valence-electron chi connectivity index (χ0n) is 17.3. The lowest BCUT2D eigenvalue weighted by Gasteiger charge is -2.16. The van der Waals surface area contributed by atoms with Crippen LogP contribution >= 0.6 is 11.3 Å². The number of amides is 2. The van der Waals surface area contributed by atoms with Crippen LogP contribution in [-0.2, 0) is 9.59 Å². The van der Waals surface area contributed by atoms with Crippen molar-refractivity contribution >= 4 is 34.0 Å². The first-order chi connectivity index (χ1) is 15.1. The summed E-state index contributed by atoms with van der Waals surface area (Å²) >= 11 is 1.33. The molecule has 1 saturated heterocycles. The van der Waals surface area contributed by atoms with Gasteiger partial charge in [0.25, 0.3) is 0 Å². The zero-order valence-corrected chi connectivity index (χ0v) is 18.1. The summed E-state index contributed by atoms with van der Waals surface area (Å²) in [4.78, 5) is 26.4. The van der Waals surface area contributed by atoms with Gasteiger partial charge < -0.3 is 15.0 Å². The maximum Gasteiger partial charge on any atom is 0.227 e. The minimum absolute atomic E-state index is 0.0174. The summed E-state index contributed by atoms with van der Waals surface area (Å²) in [5, 5.41) is 12.3. The van der Waals surface area contributed by atoms with Gasteiger partial charge in [0.2, 0.25) is 16.9 Å². The average molecular weight is 437 g/mol. The summed E-state index contributed by atoms with van der Waals surface area (Å²) in [5.74, 6) is 0.731. The quantitative estimate of drug-likeness (QED) is 0.536. The highest BCUT2D eigenvalue weighted by atomic mass is 32.1. The number of ether oxygens (including phenoxy) is 1.